The van der Waals surface area contributed by atoms with Crippen LogP contribution in [0, 0.1) is 11.3 Å². The average Bonchev–Trinajstić information content (AvgIpc) is 2.63. The SMILES string of the molecule is CCOc1cc(Oc2ccc(NC(=O)[C@H](N)CC)cc2)ccc1C#N. The van der Waals surface area contributed by atoms with Gasteiger partial charge in [-0.3, -0.25) is 4.79 Å². The summed E-state index contributed by atoms with van der Waals surface area (Å²) in [6.07, 6.45) is 0.577. The van der Waals surface area contributed by atoms with Crippen molar-refractivity contribution >= 4 is 11.6 Å². The molecule has 130 valence electrons. The van der Waals surface area contributed by atoms with E-state index in [9.17, 15) is 4.79 Å². The van der Waals surface area contributed by atoms with Gasteiger partial charge in [-0.25, -0.2) is 0 Å². The van der Waals surface area contributed by atoms with Crippen LogP contribution < -0.4 is 20.5 Å². The van der Waals surface area contributed by atoms with E-state index < -0.39 is 6.04 Å². The Hall–Kier alpha value is -3.04. The number of anilines is 1. The average molecular weight is 339 g/mol. The van der Waals surface area contributed by atoms with Gasteiger partial charge in [-0.05, 0) is 49.7 Å². The Labute approximate surface area is 147 Å². The topological polar surface area (TPSA) is 97.4 Å². The molecular weight excluding hydrogens is 318 g/mol. The van der Waals surface area contributed by atoms with E-state index in [4.69, 9.17) is 20.5 Å². The largest absolute Gasteiger partial charge is 0.492 e. The van der Waals surface area contributed by atoms with E-state index in [1.165, 1.54) is 0 Å². The van der Waals surface area contributed by atoms with Gasteiger partial charge in [0, 0.05) is 11.8 Å². The molecule has 0 saturated heterocycles. The molecule has 0 radical (unpaired) electrons. The van der Waals surface area contributed by atoms with Crippen LogP contribution >= 0.6 is 0 Å². The van der Waals surface area contributed by atoms with E-state index in [0.717, 1.165) is 0 Å². The second kappa shape index (κ2) is 8.71. The third-order valence-electron chi connectivity index (χ3n) is 3.51. The van der Waals surface area contributed by atoms with Gasteiger partial charge < -0.3 is 20.5 Å². The summed E-state index contributed by atoms with van der Waals surface area (Å²) >= 11 is 0. The van der Waals surface area contributed by atoms with Crippen molar-refractivity contribution < 1.29 is 14.3 Å². The molecule has 0 aliphatic rings. The van der Waals surface area contributed by atoms with Gasteiger partial charge in [0.25, 0.3) is 0 Å². The lowest BCUT2D eigenvalue weighted by Gasteiger charge is -2.12. The van der Waals surface area contributed by atoms with Crippen LogP contribution in [0.1, 0.15) is 25.8 Å². The number of nitrogens with zero attached hydrogens (tertiary/aromatic N) is 1. The maximum absolute atomic E-state index is 11.8. The van der Waals surface area contributed by atoms with Crippen LogP contribution in [0.5, 0.6) is 17.2 Å². The maximum Gasteiger partial charge on any atom is 0.241 e. The Morgan fingerprint density at radius 3 is 2.48 bits per heavy atom. The molecule has 25 heavy (non-hydrogen) atoms. The molecule has 0 saturated carbocycles. The van der Waals surface area contributed by atoms with Crippen molar-refractivity contribution in [3.8, 4) is 23.3 Å². The summed E-state index contributed by atoms with van der Waals surface area (Å²) in [6.45, 7) is 4.17. The first-order chi connectivity index (χ1) is 12.1. The molecule has 6 heteroatoms. The number of ether oxygens (including phenoxy) is 2. The van der Waals surface area contributed by atoms with E-state index in [0.29, 0.717) is 41.5 Å². The zero-order valence-corrected chi connectivity index (χ0v) is 14.3. The Balaban J connectivity index is 2.07. The van der Waals surface area contributed by atoms with Gasteiger partial charge in [-0.2, -0.15) is 5.26 Å². The number of benzene rings is 2. The lowest BCUT2D eigenvalue weighted by Crippen LogP contribution is -2.34. The predicted octanol–water partition coefficient (Wildman–Crippen LogP) is 3.43. The first kappa shape index (κ1) is 18.3. The smallest absolute Gasteiger partial charge is 0.241 e. The molecule has 1 atom stereocenters. The lowest BCUT2D eigenvalue weighted by molar-refractivity contribution is -0.117. The molecule has 0 spiro atoms. The van der Waals surface area contributed by atoms with E-state index in [1.807, 2.05) is 13.8 Å². The first-order valence-corrected chi connectivity index (χ1v) is 8.08. The van der Waals surface area contributed by atoms with Gasteiger partial charge in [0.1, 0.15) is 23.3 Å². The zero-order valence-electron chi connectivity index (χ0n) is 14.3. The van der Waals surface area contributed by atoms with Gasteiger partial charge in [0.05, 0.1) is 18.2 Å². The van der Waals surface area contributed by atoms with E-state index in [2.05, 4.69) is 11.4 Å². The van der Waals surface area contributed by atoms with Crippen LogP contribution in [0.2, 0.25) is 0 Å². The number of amides is 1. The van der Waals surface area contributed by atoms with Crippen molar-refractivity contribution in [1.29, 1.82) is 5.26 Å². The van der Waals surface area contributed by atoms with Crippen LogP contribution in [0.15, 0.2) is 42.5 Å². The van der Waals surface area contributed by atoms with E-state index >= 15 is 0 Å². The number of rotatable bonds is 7. The number of hydrogen-bond acceptors (Lipinski definition) is 5. The van der Waals surface area contributed by atoms with E-state index in [-0.39, 0.29) is 5.91 Å². The van der Waals surface area contributed by atoms with Crippen LogP contribution in [0.4, 0.5) is 5.69 Å². The van der Waals surface area contributed by atoms with Gasteiger partial charge in [0.15, 0.2) is 0 Å². The van der Waals surface area contributed by atoms with Gasteiger partial charge in [0.2, 0.25) is 5.91 Å². The van der Waals surface area contributed by atoms with Crippen molar-refractivity contribution in [3.63, 3.8) is 0 Å². The predicted molar refractivity (Wildman–Crippen MR) is 95.7 cm³/mol. The minimum atomic E-state index is -0.522. The molecule has 6 nitrogen and oxygen atoms in total. The standard InChI is InChI=1S/C19H21N3O3/c1-3-17(21)19(23)22-14-6-9-15(10-7-14)25-16-8-5-13(12-20)18(11-16)24-4-2/h5-11,17H,3-4,21H2,1-2H3,(H,22,23)/t17-/m1/s1. The minimum Gasteiger partial charge on any atom is -0.492 e. The number of nitrogens with two attached hydrogens (primary N) is 1. The molecular formula is C19H21N3O3. The number of carbonyl (C=O) groups is 1. The van der Waals surface area contributed by atoms with Crippen molar-refractivity contribution in [2.24, 2.45) is 5.73 Å². The Bertz CT molecular complexity index is 766. The highest BCUT2D eigenvalue weighted by Gasteiger charge is 2.11. The highest BCUT2D eigenvalue weighted by atomic mass is 16.5. The van der Waals surface area contributed by atoms with Crippen LogP contribution in [-0.2, 0) is 4.79 Å². The zero-order chi connectivity index (χ0) is 18.2. The molecule has 0 aromatic heterocycles. The quantitative estimate of drug-likeness (QED) is 0.805. The number of hydrogen-bond donors (Lipinski definition) is 2. The minimum absolute atomic E-state index is 0.218. The summed E-state index contributed by atoms with van der Waals surface area (Å²) in [5.41, 5.74) is 6.79. The molecule has 0 fully saturated rings. The molecule has 0 aliphatic heterocycles. The lowest BCUT2D eigenvalue weighted by atomic mass is 10.2. The molecule has 2 rings (SSSR count). The molecule has 2 aromatic rings. The third-order valence-corrected chi connectivity index (χ3v) is 3.51. The summed E-state index contributed by atoms with van der Waals surface area (Å²) in [7, 11) is 0. The number of nitriles is 1. The maximum atomic E-state index is 11.8. The fourth-order valence-electron chi connectivity index (χ4n) is 2.10. The van der Waals surface area contributed by atoms with E-state index in [1.54, 1.807) is 42.5 Å². The molecule has 1 amide bonds. The van der Waals surface area contributed by atoms with Crippen LogP contribution in [0.3, 0.4) is 0 Å². The second-order valence-electron chi connectivity index (χ2n) is 5.33. The van der Waals surface area contributed by atoms with Gasteiger partial charge >= 0.3 is 0 Å². The second-order valence-corrected chi connectivity index (χ2v) is 5.33. The fraction of sp³-hybridized carbons (Fsp3) is 0.263. The van der Waals surface area contributed by atoms with Crippen molar-refractivity contribution in [3.05, 3.63) is 48.0 Å². The molecule has 0 heterocycles. The summed E-state index contributed by atoms with van der Waals surface area (Å²) in [6, 6.07) is 13.6. The van der Waals surface area contributed by atoms with Crippen molar-refractivity contribution in [2.75, 3.05) is 11.9 Å². The van der Waals surface area contributed by atoms with Crippen LogP contribution in [-0.4, -0.2) is 18.6 Å². The summed E-state index contributed by atoms with van der Waals surface area (Å²) in [5, 5.41) is 11.8. The highest BCUT2D eigenvalue weighted by Crippen LogP contribution is 2.29. The Morgan fingerprint density at radius 2 is 1.88 bits per heavy atom. The van der Waals surface area contributed by atoms with Gasteiger partial charge in [-0.1, -0.05) is 6.92 Å². The summed E-state index contributed by atoms with van der Waals surface area (Å²) in [4.78, 5) is 11.8. The van der Waals surface area contributed by atoms with Crippen LogP contribution in [0.25, 0.3) is 0 Å². The number of nitrogens with one attached hydrogen (secondary N) is 1. The summed E-state index contributed by atoms with van der Waals surface area (Å²) < 4.78 is 11.2. The molecule has 3 N–H and O–H groups in total. The van der Waals surface area contributed by atoms with Crippen molar-refractivity contribution in [2.45, 2.75) is 26.3 Å². The number of carbonyl (C=O) groups excluding carboxylic acids is 1. The highest BCUT2D eigenvalue weighted by molar-refractivity contribution is 5.94. The first-order valence-electron chi connectivity index (χ1n) is 8.08. The molecule has 2 aromatic carbocycles. The molecule has 0 bridgehead atoms. The summed E-state index contributed by atoms with van der Waals surface area (Å²) in [5.74, 6) is 1.43. The molecule has 0 aliphatic carbocycles. The normalized spacial score (nSPS) is 11.3. The Kier molecular flexibility index (Phi) is 6.38. The Morgan fingerprint density at radius 1 is 1.20 bits per heavy atom. The fourth-order valence-corrected chi connectivity index (χ4v) is 2.10. The molecule has 0 unspecified atom stereocenters. The van der Waals surface area contributed by atoms with Gasteiger partial charge in [-0.15, -0.1) is 0 Å². The van der Waals surface area contributed by atoms with Crippen molar-refractivity contribution in [1.82, 2.24) is 0 Å². The third kappa shape index (κ3) is 4.96. The monoisotopic (exact) mass is 339 g/mol.